The topological polar surface area (TPSA) is 101 Å². The highest BCUT2D eigenvalue weighted by atomic mass is 32.1. The number of carbonyl (C=O) groups is 1. The molecule has 3 heterocycles. The van der Waals surface area contributed by atoms with E-state index in [0.717, 1.165) is 34.4 Å². The number of hydrogen-bond donors (Lipinski definition) is 2. The molecule has 5 rings (SSSR count). The number of benzene rings is 1. The Morgan fingerprint density at radius 1 is 1.26 bits per heavy atom. The van der Waals surface area contributed by atoms with Gasteiger partial charge in [-0.2, -0.15) is 23.5 Å². The maximum absolute atomic E-state index is 14.1. The van der Waals surface area contributed by atoms with Gasteiger partial charge >= 0.3 is 6.18 Å². The maximum atomic E-state index is 14.1. The van der Waals surface area contributed by atoms with Crippen LogP contribution in [-0.4, -0.2) is 36.1 Å². The molecule has 0 unspecified atom stereocenters. The highest BCUT2D eigenvalue weighted by Gasteiger charge is 2.47. The molecule has 3 atom stereocenters. The lowest BCUT2D eigenvalue weighted by atomic mass is 9.89. The summed E-state index contributed by atoms with van der Waals surface area (Å²) in [6.07, 6.45) is -2.37. The van der Waals surface area contributed by atoms with Gasteiger partial charge < -0.3 is 20.1 Å². The molecule has 0 radical (unpaired) electrons. The number of amides is 1. The second kappa shape index (κ2) is 9.87. The third-order valence-electron chi connectivity index (χ3n) is 7.08. The lowest BCUT2D eigenvalue weighted by molar-refractivity contribution is -0.173. The molecular weight excluding hydrogens is 519 g/mol. The molecule has 0 bridgehead atoms. The molecule has 38 heavy (non-hydrogen) atoms. The highest BCUT2D eigenvalue weighted by molar-refractivity contribution is 7.16. The molecule has 3 aromatic rings. The van der Waals surface area contributed by atoms with Gasteiger partial charge in [0.05, 0.1) is 25.8 Å². The Labute approximate surface area is 221 Å². The molecule has 0 saturated heterocycles. The predicted octanol–water partition coefficient (Wildman–Crippen LogP) is 5.87. The Morgan fingerprint density at radius 2 is 2.03 bits per heavy atom. The molecule has 2 aromatic heterocycles. The van der Waals surface area contributed by atoms with Gasteiger partial charge in [-0.15, -0.1) is 11.3 Å². The van der Waals surface area contributed by atoms with E-state index in [1.54, 1.807) is 18.2 Å². The van der Waals surface area contributed by atoms with Crippen LogP contribution in [0.15, 0.2) is 24.3 Å². The number of thiophene rings is 1. The zero-order valence-electron chi connectivity index (χ0n) is 21.0. The van der Waals surface area contributed by atoms with E-state index in [9.17, 15) is 23.2 Å². The fraction of sp³-hybridized carbons (Fsp3) is 0.423. The van der Waals surface area contributed by atoms with Crippen LogP contribution in [0.4, 0.5) is 24.0 Å². The van der Waals surface area contributed by atoms with Crippen molar-refractivity contribution in [3.63, 3.8) is 0 Å². The van der Waals surface area contributed by atoms with Crippen molar-refractivity contribution in [2.24, 2.45) is 5.92 Å². The Balaban J connectivity index is 1.44. The lowest BCUT2D eigenvalue weighted by Gasteiger charge is -2.33. The van der Waals surface area contributed by atoms with E-state index < -0.39 is 24.2 Å². The standard InChI is InChI=1S/C26H26F3N5O3S/c1-13-4-6-15-16(12-30)25(38-21(15)8-13)32-24(35)18-11-23-31-17(10-22(26(27,28)29)34(23)33-18)14-5-7-19(36-2)20(9-14)37-3/h5,7,9,11,13,17,22,31H,4,6,8,10H2,1-3H3,(H,32,35)/t13-,17-,22+/m0/s1. The number of halogens is 3. The molecule has 1 aliphatic heterocycles. The Kier molecular flexibility index (Phi) is 6.73. The van der Waals surface area contributed by atoms with Crippen molar-refractivity contribution < 1.29 is 27.4 Å². The van der Waals surface area contributed by atoms with Crippen molar-refractivity contribution in [2.75, 3.05) is 24.9 Å². The van der Waals surface area contributed by atoms with Crippen molar-refractivity contribution >= 4 is 28.1 Å². The summed E-state index contributed by atoms with van der Waals surface area (Å²) in [5, 5.41) is 20.0. The van der Waals surface area contributed by atoms with Crippen LogP contribution < -0.4 is 20.1 Å². The predicted molar refractivity (Wildman–Crippen MR) is 136 cm³/mol. The summed E-state index contributed by atoms with van der Waals surface area (Å²) < 4.78 is 53.7. The van der Waals surface area contributed by atoms with Crippen LogP contribution in [0.25, 0.3) is 0 Å². The minimum absolute atomic E-state index is 0.0725. The van der Waals surface area contributed by atoms with Gasteiger partial charge in [0.2, 0.25) is 0 Å². The Morgan fingerprint density at radius 3 is 2.71 bits per heavy atom. The normalized spacial score (nSPS) is 20.5. The molecule has 0 spiro atoms. The monoisotopic (exact) mass is 545 g/mol. The molecule has 2 N–H and O–H groups in total. The number of fused-ring (bicyclic) bond motifs is 2. The van der Waals surface area contributed by atoms with Gasteiger partial charge in [0, 0.05) is 17.4 Å². The molecule has 2 aliphatic rings. The number of nitriles is 1. The first-order valence-electron chi connectivity index (χ1n) is 12.1. The summed E-state index contributed by atoms with van der Waals surface area (Å²) in [5.41, 5.74) is 1.78. The van der Waals surface area contributed by atoms with Crippen molar-refractivity contribution in [1.82, 2.24) is 9.78 Å². The van der Waals surface area contributed by atoms with Gasteiger partial charge in [0.15, 0.2) is 23.2 Å². The van der Waals surface area contributed by atoms with Crippen LogP contribution in [0.2, 0.25) is 0 Å². The lowest BCUT2D eigenvalue weighted by Crippen LogP contribution is -2.35. The number of carbonyl (C=O) groups excluding carboxylic acids is 1. The van der Waals surface area contributed by atoms with Crippen molar-refractivity contribution in [3.05, 3.63) is 51.5 Å². The smallest absolute Gasteiger partial charge is 0.410 e. The zero-order valence-corrected chi connectivity index (χ0v) is 21.8. The molecular formula is C26H26F3N5O3S. The summed E-state index contributed by atoms with van der Waals surface area (Å²) in [6, 6.07) is 5.78. The summed E-state index contributed by atoms with van der Waals surface area (Å²) in [6.45, 7) is 2.14. The number of alkyl halides is 3. The van der Waals surface area contributed by atoms with Crippen molar-refractivity contribution in [3.8, 4) is 17.6 Å². The summed E-state index contributed by atoms with van der Waals surface area (Å²) in [7, 11) is 2.93. The van der Waals surface area contributed by atoms with Crippen LogP contribution in [0.1, 0.15) is 63.9 Å². The number of rotatable bonds is 5. The van der Waals surface area contributed by atoms with Crippen LogP contribution in [0.5, 0.6) is 11.5 Å². The van der Waals surface area contributed by atoms with Gasteiger partial charge in [-0.1, -0.05) is 13.0 Å². The number of nitrogens with one attached hydrogen (secondary N) is 2. The SMILES string of the molecule is COc1ccc([C@@H]2C[C@H](C(F)(F)F)n3nc(C(=O)Nc4sc5c(c4C#N)CC[C@H](C)C5)cc3N2)cc1OC. The van der Waals surface area contributed by atoms with Crippen LogP contribution in [-0.2, 0) is 12.8 Å². The minimum Gasteiger partial charge on any atom is -0.493 e. The average Bonchev–Trinajstić information content (AvgIpc) is 3.47. The van der Waals surface area contributed by atoms with E-state index in [2.05, 4.69) is 28.7 Å². The number of aromatic nitrogens is 2. The van der Waals surface area contributed by atoms with E-state index >= 15 is 0 Å². The molecule has 1 amide bonds. The van der Waals surface area contributed by atoms with Crippen molar-refractivity contribution in [1.29, 1.82) is 5.26 Å². The van der Waals surface area contributed by atoms with Crippen molar-refractivity contribution in [2.45, 2.75) is 50.9 Å². The number of hydrogen-bond acceptors (Lipinski definition) is 7. The Hall–Kier alpha value is -3.72. The molecule has 1 aliphatic carbocycles. The largest absolute Gasteiger partial charge is 0.493 e. The van der Waals surface area contributed by atoms with E-state index in [-0.39, 0.29) is 17.9 Å². The summed E-state index contributed by atoms with van der Waals surface area (Å²) in [4.78, 5) is 14.2. The van der Waals surface area contributed by atoms with Gasteiger partial charge in [-0.05, 0) is 48.4 Å². The van der Waals surface area contributed by atoms with E-state index in [0.29, 0.717) is 33.5 Å². The minimum atomic E-state index is -4.59. The molecule has 1 aromatic carbocycles. The number of ether oxygens (including phenoxy) is 2. The number of anilines is 2. The van der Waals surface area contributed by atoms with E-state index in [1.807, 2.05) is 0 Å². The summed E-state index contributed by atoms with van der Waals surface area (Å²) >= 11 is 1.35. The van der Waals surface area contributed by atoms with Gasteiger partial charge in [-0.25, -0.2) is 4.68 Å². The second-order valence-electron chi connectivity index (χ2n) is 9.59. The van der Waals surface area contributed by atoms with Crippen LogP contribution in [0, 0.1) is 17.2 Å². The van der Waals surface area contributed by atoms with Gasteiger partial charge in [0.25, 0.3) is 5.91 Å². The third kappa shape index (κ3) is 4.67. The first-order valence-corrected chi connectivity index (χ1v) is 12.9. The average molecular weight is 546 g/mol. The number of nitrogens with zero attached hydrogens (tertiary/aromatic N) is 3. The van der Waals surface area contributed by atoms with E-state index in [1.165, 1.54) is 31.6 Å². The Bertz CT molecular complexity index is 1420. The van der Waals surface area contributed by atoms with Gasteiger partial charge in [-0.3, -0.25) is 4.79 Å². The molecule has 0 saturated carbocycles. The highest BCUT2D eigenvalue weighted by Crippen LogP contribution is 2.45. The quantitative estimate of drug-likeness (QED) is 0.416. The molecule has 0 fully saturated rings. The molecule has 200 valence electrons. The first-order chi connectivity index (χ1) is 18.1. The van der Waals surface area contributed by atoms with Crippen LogP contribution in [0.3, 0.4) is 0 Å². The fourth-order valence-corrected chi connectivity index (χ4v) is 6.45. The van der Waals surface area contributed by atoms with E-state index in [4.69, 9.17) is 9.47 Å². The third-order valence-corrected chi connectivity index (χ3v) is 8.25. The number of methoxy groups -OCH3 is 2. The van der Waals surface area contributed by atoms with Gasteiger partial charge in [0.1, 0.15) is 16.9 Å². The second-order valence-corrected chi connectivity index (χ2v) is 10.7. The van der Waals surface area contributed by atoms with Crippen LogP contribution >= 0.6 is 11.3 Å². The first kappa shape index (κ1) is 25.9. The summed E-state index contributed by atoms with van der Waals surface area (Å²) in [5.74, 6) is 0.754. The molecule has 8 nitrogen and oxygen atoms in total. The fourth-order valence-electron chi connectivity index (χ4n) is 5.10. The zero-order chi connectivity index (χ0) is 27.2. The molecule has 12 heteroatoms. The maximum Gasteiger partial charge on any atom is 0.410 e.